The molecule has 0 saturated heterocycles. The Morgan fingerprint density at radius 1 is 0.815 bits per heavy atom. The molecule has 3 aromatic rings. The molecule has 1 heterocycles. The highest BCUT2D eigenvalue weighted by atomic mass is 16.6. The van der Waals surface area contributed by atoms with Crippen LogP contribution in [0.1, 0.15) is 34.8 Å². The first kappa shape index (κ1) is 18.4. The zero-order valence-corrected chi connectivity index (χ0v) is 15.1. The van der Waals surface area contributed by atoms with Gasteiger partial charge in [0.1, 0.15) is 11.3 Å². The van der Waals surface area contributed by atoms with Gasteiger partial charge in [0.15, 0.2) is 0 Å². The second kappa shape index (κ2) is 8.31. The van der Waals surface area contributed by atoms with E-state index in [9.17, 15) is 9.59 Å². The van der Waals surface area contributed by atoms with Crippen molar-refractivity contribution in [1.82, 2.24) is 5.16 Å². The van der Waals surface area contributed by atoms with Crippen LogP contribution in [-0.4, -0.2) is 30.3 Å². The summed E-state index contributed by atoms with van der Waals surface area (Å²) in [5.41, 5.74) is 2.95. The topological polar surface area (TPSA) is 78.6 Å². The van der Waals surface area contributed by atoms with E-state index in [0.717, 1.165) is 11.1 Å². The van der Waals surface area contributed by atoms with Crippen molar-refractivity contribution in [3.05, 3.63) is 65.9 Å². The first-order valence-corrected chi connectivity index (χ1v) is 8.65. The molecule has 0 saturated carbocycles. The second-order valence-electron chi connectivity index (χ2n) is 5.62. The average molecular weight is 365 g/mol. The van der Waals surface area contributed by atoms with Crippen LogP contribution >= 0.6 is 0 Å². The molecule has 3 rings (SSSR count). The van der Waals surface area contributed by atoms with Crippen molar-refractivity contribution in [1.29, 1.82) is 0 Å². The normalized spacial score (nSPS) is 10.4. The number of aromatic nitrogens is 1. The average Bonchev–Trinajstić information content (AvgIpc) is 3.14. The summed E-state index contributed by atoms with van der Waals surface area (Å²) in [6, 6.07) is 17.4. The van der Waals surface area contributed by atoms with Crippen LogP contribution in [0.4, 0.5) is 0 Å². The molecule has 0 amide bonds. The SMILES string of the molecule is CCOC(=O)c1onc(-c2ccc(-c3ccccc3)cc2)c1C(=O)OCC. The molecule has 2 aromatic carbocycles. The third-order valence-electron chi connectivity index (χ3n) is 3.90. The highest BCUT2D eigenvalue weighted by Gasteiger charge is 2.30. The smallest absolute Gasteiger partial charge is 0.378 e. The van der Waals surface area contributed by atoms with Crippen LogP contribution in [-0.2, 0) is 9.47 Å². The molecule has 0 aliphatic heterocycles. The number of esters is 2. The van der Waals surface area contributed by atoms with E-state index in [0.29, 0.717) is 5.56 Å². The van der Waals surface area contributed by atoms with Gasteiger partial charge in [-0.25, -0.2) is 9.59 Å². The van der Waals surface area contributed by atoms with Gasteiger partial charge in [-0.3, -0.25) is 0 Å². The van der Waals surface area contributed by atoms with E-state index in [2.05, 4.69) is 5.16 Å². The van der Waals surface area contributed by atoms with Gasteiger partial charge in [0.05, 0.1) is 13.2 Å². The standard InChI is InChI=1S/C21H19NO5/c1-3-25-20(23)17-18(22-27-19(17)21(24)26-4-2)16-12-10-15(11-13-16)14-8-6-5-7-9-14/h5-13H,3-4H2,1-2H3. The largest absolute Gasteiger partial charge is 0.462 e. The maximum absolute atomic E-state index is 12.4. The minimum atomic E-state index is -0.750. The fraction of sp³-hybridized carbons (Fsp3) is 0.190. The number of hydrogen-bond acceptors (Lipinski definition) is 6. The Bertz CT molecular complexity index is 929. The van der Waals surface area contributed by atoms with E-state index in [4.69, 9.17) is 14.0 Å². The van der Waals surface area contributed by atoms with Crippen LogP contribution in [0.15, 0.2) is 59.1 Å². The van der Waals surface area contributed by atoms with Crippen LogP contribution < -0.4 is 0 Å². The van der Waals surface area contributed by atoms with Gasteiger partial charge in [-0.05, 0) is 25.0 Å². The third-order valence-corrected chi connectivity index (χ3v) is 3.90. The molecule has 0 bridgehead atoms. The molecule has 0 atom stereocenters. The lowest BCUT2D eigenvalue weighted by atomic mass is 10.0. The Balaban J connectivity index is 2.00. The minimum Gasteiger partial charge on any atom is -0.462 e. The molecule has 138 valence electrons. The van der Waals surface area contributed by atoms with Crippen molar-refractivity contribution in [3.63, 3.8) is 0 Å². The fourth-order valence-corrected chi connectivity index (χ4v) is 2.67. The van der Waals surface area contributed by atoms with Gasteiger partial charge in [0.2, 0.25) is 0 Å². The summed E-state index contributed by atoms with van der Waals surface area (Å²) in [7, 11) is 0. The van der Waals surface area contributed by atoms with Crippen LogP contribution in [0.2, 0.25) is 0 Å². The Morgan fingerprint density at radius 2 is 1.37 bits per heavy atom. The fourth-order valence-electron chi connectivity index (χ4n) is 2.67. The number of carbonyl (C=O) groups excluding carboxylic acids is 2. The Hall–Kier alpha value is -3.41. The van der Waals surface area contributed by atoms with E-state index in [-0.39, 0.29) is 30.2 Å². The summed E-state index contributed by atoms with van der Waals surface area (Å²) >= 11 is 0. The third kappa shape index (κ3) is 3.89. The molecule has 0 unspecified atom stereocenters. The molecule has 0 aliphatic rings. The van der Waals surface area contributed by atoms with Gasteiger partial charge < -0.3 is 14.0 Å². The predicted octanol–water partition coefficient (Wildman–Crippen LogP) is 4.36. The summed E-state index contributed by atoms with van der Waals surface area (Å²) in [4.78, 5) is 24.5. The van der Waals surface area contributed by atoms with Crippen molar-refractivity contribution in [3.8, 4) is 22.4 Å². The molecule has 1 aromatic heterocycles. The lowest BCUT2D eigenvalue weighted by molar-refractivity contribution is 0.0445. The maximum atomic E-state index is 12.4. The molecule has 0 aliphatic carbocycles. The molecule has 0 fully saturated rings. The Morgan fingerprint density at radius 3 is 2.00 bits per heavy atom. The van der Waals surface area contributed by atoms with Gasteiger partial charge >= 0.3 is 11.9 Å². The van der Waals surface area contributed by atoms with Crippen molar-refractivity contribution in [2.24, 2.45) is 0 Å². The summed E-state index contributed by atoms with van der Waals surface area (Å²) in [5, 5.41) is 3.92. The van der Waals surface area contributed by atoms with E-state index < -0.39 is 11.9 Å². The quantitative estimate of drug-likeness (QED) is 0.604. The van der Waals surface area contributed by atoms with Crippen LogP contribution in [0.3, 0.4) is 0 Å². The van der Waals surface area contributed by atoms with Gasteiger partial charge in [0.25, 0.3) is 5.76 Å². The molecule has 0 spiro atoms. The van der Waals surface area contributed by atoms with Gasteiger partial charge in [-0.2, -0.15) is 0 Å². The number of benzene rings is 2. The number of hydrogen-bond donors (Lipinski definition) is 0. The predicted molar refractivity (Wildman–Crippen MR) is 99.3 cm³/mol. The number of rotatable bonds is 6. The number of carbonyl (C=O) groups is 2. The summed E-state index contributed by atoms with van der Waals surface area (Å²) in [6.45, 7) is 3.67. The molecule has 0 N–H and O–H groups in total. The first-order valence-electron chi connectivity index (χ1n) is 8.65. The van der Waals surface area contributed by atoms with Crippen LogP contribution in [0.25, 0.3) is 22.4 Å². The molecule has 0 radical (unpaired) electrons. The van der Waals surface area contributed by atoms with E-state index in [1.165, 1.54) is 0 Å². The van der Waals surface area contributed by atoms with Gasteiger partial charge in [-0.1, -0.05) is 59.8 Å². The monoisotopic (exact) mass is 365 g/mol. The summed E-state index contributed by atoms with van der Waals surface area (Å²) < 4.78 is 15.1. The van der Waals surface area contributed by atoms with E-state index in [1.807, 2.05) is 54.6 Å². The van der Waals surface area contributed by atoms with Gasteiger partial charge in [-0.15, -0.1) is 0 Å². The number of ether oxygens (including phenoxy) is 2. The molecule has 6 nitrogen and oxygen atoms in total. The van der Waals surface area contributed by atoms with Crippen LogP contribution in [0.5, 0.6) is 0 Å². The molecular weight excluding hydrogens is 346 g/mol. The van der Waals surface area contributed by atoms with Gasteiger partial charge in [0, 0.05) is 5.56 Å². The zero-order valence-electron chi connectivity index (χ0n) is 15.1. The lowest BCUT2D eigenvalue weighted by Gasteiger charge is -2.05. The highest BCUT2D eigenvalue weighted by Crippen LogP contribution is 2.29. The molecule has 6 heteroatoms. The highest BCUT2D eigenvalue weighted by molar-refractivity contribution is 6.05. The maximum Gasteiger partial charge on any atom is 0.378 e. The lowest BCUT2D eigenvalue weighted by Crippen LogP contribution is -2.12. The molecule has 27 heavy (non-hydrogen) atoms. The van der Waals surface area contributed by atoms with E-state index >= 15 is 0 Å². The number of nitrogens with zero attached hydrogens (tertiary/aromatic N) is 1. The minimum absolute atomic E-state index is 0.0252. The Labute approximate surface area is 156 Å². The van der Waals surface area contributed by atoms with Crippen LogP contribution in [0, 0.1) is 0 Å². The second-order valence-corrected chi connectivity index (χ2v) is 5.62. The first-order chi connectivity index (χ1) is 13.2. The van der Waals surface area contributed by atoms with Crippen molar-refractivity contribution < 1.29 is 23.6 Å². The summed E-state index contributed by atoms with van der Waals surface area (Å²) in [5.74, 6) is -1.68. The van der Waals surface area contributed by atoms with Crippen molar-refractivity contribution in [2.75, 3.05) is 13.2 Å². The molecular formula is C21H19NO5. The van der Waals surface area contributed by atoms with Crippen molar-refractivity contribution >= 4 is 11.9 Å². The zero-order chi connectivity index (χ0) is 19.2. The summed E-state index contributed by atoms with van der Waals surface area (Å²) in [6.07, 6.45) is 0. The van der Waals surface area contributed by atoms with E-state index in [1.54, 1.807) is 13.8 Å². The van der Waals surface area contributed by atoms with Crippen molar-refractivity contribution in [2.45, 2.75) is 13.8 Å². The Kier molecular flexibility index (Phi) is 5.66.